The molecule has 1 atom stereocenters. The molecule has 0 aromatic heterocycles. The molecule has 3 rings (SSSR count). The van der Waals surface area contributed by atoms with Crippen LogP contribution in [0, 0.1) is 17.7 Å². The summed E-state index contributed by atoms with van der Waals surface area (Å²) >= 11 is 3.52. The van der Waals surface area contributed by atoms with Crippen LogP contribution in [0.25, 0.3) is 0 Å². The maximum atomic E-state index is 13.2. The van der Waals surface area contributed by atoms with Crippen LogP contribution in [0.5, 0.6) is 0 Å². The van der Waals surface area contributed by atoms with Crippen molar-refractivity contribution in [3.63, 3.8) is 0 Å². The molecule has 3 heteroatoms. The second kappa shape index (κ2) is 6.57. The Morgan fingerprint density at radius 2 is 1.95 bits per heavy atom. The van der Waals surface area contributed by atoms with Gasteiger partial charge in [0.2, 0.25) is 0 Å². The first-order chi connectivity index (χ1) is 9.72. The third-order valence-electron chi connectivity index (χ3n) is 4.81. The zero-order valence-electron chi connectivity index (χ0n) is 11.9. The van der Waals surface area contributed by atoms with Crippen LogP contribution in [0.15, 0.2) is 22.7 Å². The highest BCUT2D eigenvalue weighted by Crippen LogP contribution is 2.35. The van der Waals surface area contributed by atoms with E-state index in [4.69, 9.17) is 0 Å². The van der Waals surface area contributed by atoms with Crippen LogP contribution in [0.4, 0.5) is 4.39 Å². The number of halogens is 2. The fraction of sp³-hybridized carbons (Fsp3) is 0.647. The first-order valence-electron chi connectivity index (χ1n) is 7.89. The van der Waals surface area contributed by atoms with Crippen LogP contribution in [-0.2, 0) is 6.42 Å². The lowest BCUT2D eigenvalue weighted by atomic mass is 9.85. The molecular weight excluding hydrogens is 317 g/mol. The van der Waals surface area contributed by atoms with E-state index in [1.165, 1.54) is 44.1 Å². The number of rotatable bonds is 6. The van der Waals surface area contributed by atoms with Gasteiger partial charge < -0.3 is 5.32 Å². The average molecular weight is 340 g/mol. The summed E-state index contributed by atoms with van der Waals surface area (Å²) in [5.74, 6) is 1.38. The Morgan fingerprint density at radius 1 is 1.20 bits per heavy atom. The third kappa shape index (κ3) is 3.82. The molecule has 0 bridgehead atoms. The predicted octanol–water partition coefficient (Wildman–Crippen LogP) is 4.69. The van der Waals surface area contributed by atoms with Gasteiger partial charge in [-0.15, -0.1) is 0 Å². The summed E-state index contributed by atoms with van der Waals surface area (Å²) in [6, 6.07) is 5.89. The molecule has 1 N–H and O–H groups in total. The molecule has 20 heavy (non-hydrogen) atoms. The normalized spacial score (nSPS) is 21.3. The number of hydrogen-bond donors (Lipinski definition) is 1. The van der Waals surface area contributed by atoms with E-state index in [1.54, 1.807) is 12.1 Å². The summed E-state index contributed by atoms with van der Waals surface area (Å²) in [6.07, 6.45) is 9.26. The van der Waals surface area contributed by atoms with Gasteiger partial charge in [0.1, 0.15) is 5.82 Å². The molecular formula is C17H23BrFN. The van der Waals surface area contributed by atoms with E-state index in [-0.39, 0.29) is 5.82 Å². The van der Waals surface area contributed by atoms with Crippen LogP contribution in [0.1, 0.15) is 44.1 Å². The molecule has 0 radical (unpaired) electrons. The molecule has 2 fully saturated rings. The molecule has 0 aliphatic heterocycles. The minimum absolute atomic E-state index is 0.158. The fourth-order valence-corrected chi connectivity index (χ4v) is 3.92. The van der Waals surface area contributed by atoms with E-state index in [9.17, 15) is 4.39 Å². The highest BCUT2D eigenvalue weighted by molar-refractivity contribution is 9.10. The lowest BCUT2D eigenvalue weighted by Gasteiger charge is -2.24. The Labute approximate surface area is 129 Å². The number of benzene rings is 1. The van der Waals surface area contributed by atoms with Crippen molar-refractivity contribution in [1.82, 2.24) is 5.32 Å². The molecule has 1 nitrogen and oxygen atoms in total. The molecule has 0 spiro atoms. The van der Waals surface area contributed by atoms with Crippen molar-refractivity contribution in [2.45, 2.75) is 51.0 Å². The van der Waals surface area contributed by atoms with Crippen LogP contribution in [0.2, 0.25) is 0 Å². The van der Waals surface area contributed by atoms with Gasteiger partial charge in [-0.2, -0.15) is 0 Å². The van der Waals surface area contributed by atoms with Gasteiger partial charge in [-0.1, -0.05) is 47.7 Å². The van der Waals surface area contributed by atoms with Crippen molar-refractivity contribution in [2.24, 2.45) is 11.8 Å². The number of hydrogen-bond acceptors (Lipinski definition) is 1. The fourth-order valence-electron chi connectivity index (χ4n) is 3.41. The van der Waals surface area contributed by atoms with Crippen LogP contribution in [-0.4, -0.2) is 12.6 Å². The van der Waals surface area contributed by atoms with E-state index in [0.29, 0.717) is 5.92 Å². The van der Waals surface area contributed by atoms with E-state index < -0.39 is 0 Å². The van der Waals surface area contributed by atoms with Crippen molar-refractivity contribution < 1.29 is 4.39 Å². The third-order valence-corrected chi connectivity index (χ3v) is 5.55. The summed E-state index contributed by atoms with van der Waals surface area (Å²) in [4.78, 5) is 0. The molecule has 2 aliphatic carbocycles. The summed E-state index contributed by atoms with van der Waals surface area (Å²) in [5, 5.41) is 3.70. The van der Waals surface area contributed by atoms with E-state index >= 15 is 0 Å². The molecule has 2 aliphatic rings. The highest BCUT2D eigenvalue weighted by Gasteiger charge is 2.28. The SMILES string of the molecule is Fc1ccc(CC(CNC2CC2)C2CCCC2)c(Br)c1. The summed E-state index contributed by atoms with van der Waals surface area (Å²) in [6.45, 7) is 1.12. The van der Waals surface area contributed by atoms with Crippen molar-refractivity contribution in [3.05, 3.63) is 34.1 Å². The molecule has 1 aromatic carbocycles. The second-order valence-electron chi connectivity index (χ2n) is 6.43. The van der Waals surface area contributed by atoms with Crippen molar-refractivity contribution in [2.75, 3.05) is 6.54 Å². The topological polar surface area (TPSA) is 12.0 Å². The molecule has 110 valence electrons. The minimum atomic E-state index is -0.158. The highest BCUT2D eigenvalue weighted by atomic mass is 79.9. The summed E-state index contributed by atoms with van der Waals surface area (Å²) in [5.41, 5.74) is 1.25. The Hall–Kier alpha value is -0.410. The van der Waals surface area contributed by atoms with E-state index in [0.717, 1.165) is 29.4 Å². The Balaban J connectivity index is 1.66. The lowest BCUT2D eigenvalue weighted by molar-refractivity contribution is 0.319. The van der Waals surface area contributed by atoms with Crippen LogP contribution < -0.4 is 5.32 Å². The first kappa shape index (κ1) is 14.5. The second-order valence-corrected chi connectivity index (χ2v) is 7.28. The zero-order valence-corrected chi connectivity index (χ0v) is 13.5. The Kier molecular flexibility index (Phi) is 4.77. The monoisotopic (exact) mass is 339 g/mol. The molecule has 1 aromatic rings. The molecule has 1 unspecified atom stereocenters. The largest absolute Gasteiger partial charge is 0.314 e. The lowest BCUT2D eigenvalue weighted by Crippen LogP contribution is -2.30. The zero-order chi connectivity index (χ0) is 13.9. The van der Waals surface area contributed by atoms with E-state index in [2.05, 4.69) is 21.2 Å². The smallest absolute Gasteiger partial charge is 0.124 e. The van der Waals surface area contributed by atoms with Gasteiger partial charge in [0.25, 0.3) is 0 Å². The maximum absolute atomic E-state index is 13.2. The summed E-state index contributed by atoms with van der Waals surface area (Å²) < 4.78 is 14.1. The van der Waals surface area contributed by atoms with Crippen LogP contribution >= 0.6 is 15.9 Å². The van der Waals surface area contributed by atoms with Gasteiger partial charge in [-0.3, -0.25) is 0 Å². The molecule has 0 amide bonds. The standard InChI is InChI=1S/C17H23BrFN/c18-17-10-15(19)6-5-13(17)9-14(11-20-16-7-8-16)12-3-1-2-4-12/h5-6,10,12,14,16,20H,1-4,7-9,11H2. The van der Waals surface area contributed by atoms with Crippen molar-refractivity contribution >= 4 is 15.9 Å². The molecule has 0 heterocycles. The average Bonchev–Trinajstić information content (AvgIpc) is 3.09. The van der Waals surface area contributed by atoms with Crippen molar-refractivity contribution in [3.8, 4) is 0 Å². The maximum Gasteiger partial charge on any atom is 0.124 e. The number of nitrogens with one attached hydrogen (secondary N) is 1. The van der Waals surface area contributed by atoms with Gasteiger partial charge in [0, 0.05) is 10.5 Å². The van der Waals surface area contributed by atoms with Gasteiger partial charge >= 0.3 is 0 Å². The van der Waals surface area contributed by atoms with Crippen LogP contribution in [0.3, 0.4) is 0 Å². The van der Waals surface area contributed by atoms with Gasteiger partial charge in [0.05, 0.1) is 0 Å². The Morgan fingerprint density at radius 3 is 2.60 bits per heavy atom. The van der Waals surface area contributed by atoms with Crippen molar-refractivity contribution in [1.29, 1.82) is 0 Å². The minimum Gasteiger partial charge on any atom is -0.314 e. The first-order valence-corrected chi connectivity index (χ1v) is 8.69. The molecule has 2 saturated carbocycles. The van der Waals surface area contributed by atoms with Gasteiger partial charge in [0.15, 0.2) is 0 Å². The Bertz CT molecular complexity index is 452. The quantitative estimate of drug-likeness (QED) is 0.792. The summed E-state index contributed by atoms with van der Waals surface area (Å²) in [7, 11) is 0. The molecule has 0 saturated heterocycles. The predicted molar refractivity (Wildman–Crippen MR) is 84.3 cm³/mol. The van der Waals surface area contributed by atoms with E-state index in [1.807, 2.05) is 6.07 Å². The van der Waals surface area contributed by atoms with Gasteiger partial charge in [-0.05, 0) is 55.3 Å². The van der Waals surface area contributed by atoms with Gasteiger partial charge in [-0.25, -0.2) is 4.39 Å².